The zero-order valence-corrected chi connectivity index (χ0v) is 20.3. The van der Waals surface area contributed by atoms with Gasteiger partial charge in [0.15, 0.2) is 11.0 Å². The van der Waals surface area contributed by atoms with Crippen LogP contribution in [0.1, 0.15) is 57.8 Å². The second-order valence-electron chi connectivity index (χ2n) is 8.24. The summed E-state index contributed by atoms with van der Waals surface area (Å²) in [5, 5.41) is 12.6. The first-order valence-electron chi connectivity index (χ1n) is 11.4. The molecule has 32 heavy (non-hydrogen) atoms. The molecule has 9 heteroatoms. The van der Waals surface area contributed by atoms with Gasteiger partial charge in [0.05, 0.1) is 23.2 Å². The molecule has 0 radical (unpaired) electrons. The number of anilines is 2. The summed E-state index contributed by atoms with van der Waals surface area (Å²) in [6, 6.07) is 7.66. The Hall–Kier alpha value is -2.39. The smallest absolute Gasteiger partial charge is 0.234 e. The van der Waals surface area contributed by atoms with Crippen molar-refractivity contribution >= 4 is 35.0 Å². The van der Waals surface area contributed by atoms with Crippen LogP contribution in [0, 0.1) is 0 Å². The normalized spacial score (nSPS) is 14.9. The largest absolute Gasteiger partial charge is 0.324 e. The molecule has 1 aromatic heterocycles. The van der Waals surface area contributed by atoms with Gasteiger partial charge in [-0.1, -0.05) is 44.2 Å². The number of nitrogens with one attached hydrogen (secondary N) is 1. The van der Waals surface area contributed by atoms with Crippen LogP contribution in [-0.4, -0.2) is 57.9 Å². The first-order chi connectivity index (χ1) is 15.5. The average molecular weight is 459 g/mol. The van der Waals surface area contributed by atoms with E-state index in [1.54, 1.807) is 4.90 Å². The highest BCUT2D eigenvalue weighted by atomic mass is 32.2. The molecular formula is C23H34N6O2S. The average Bonchev–Trinajstić information content (AvgIpc) is 3.37. The summed E-state index contributed by atoms with van der Waals surface area (Å²) >= 11 is 1.40. The summed E-state index contributed by atoms with van der Waals surface area (Å²) in [6.07, 6.45) is 4.45. The summed E-state index contributed by atoms with van der Waals surface area (Å²) in [7, 11) is 4.10. The topological polar surface area (TPSA) is 83.4 Å². The van der Waals surface area contributed by atoms with E-state index >= 15 is 0 Å². The minimum absolute atomic E-state index is 0.101. The van der Waals surface area contributed by atoms with Crippen molar-refractivity contribution in [3.05, 3.63) is 30.1 Å². The number of benzene rings is 1. The van der Waals surface area contributed by atoms with E-state index in [2.05, 4.69) is 52.9 Å². The number of aromatic nitrogens is 3. The van der Waals surface area contributed by atoms with Crippen molar-refractivity contribution < 1.29 is 9.59 Å². The highest BCUT2D eigenvalue weighted by Crippen LogP contribution is 2.30. The molecule has 2 aromatic rings. The quantitative estimate of drug-likeness (QED) is 0.514. The Morgan fingerprint density at radius 2 is 2.03 bits per heavy atom. The molecule has 1 fully saturated rings. The lowest BCUT2D eigenvalue weighted by molar-refractivity contribution is -0.117. The summed E-state index contributed by atoms with van der Waals surface area (Å²) in [6.45, 7) is 5.84. The Kier molecular flexibility index (Phi) is 8.69. The van der Waals surface area contributed by atoms with Crippen LogP contribution in [0.5, 0.6) is 0 Å². The Morgan fingerprint density at radius 1 is 1.25 bits per heavy atom. The molecule has 1 N–H and O–H groups in total. The molecule has 174 valence electrons. The van der Waals surface area contributed by atoms with Crippen LogP contribution in [0.15, 0.2) is 29.4 Å². The van der Waals surface area contributed by atoms with Crippen molar-refractivity contribution in [1.29, 1.82) is 0 Å². The summed E-state index contributed by atoms with van der Waals surface area (Å²) in [5.41, 5.74) is 1.43. The molecule has 1 aromatic carbocycles. The van der Waals surface area contributed by atoms with Gasteiger partial charge in [-0.3, -0.25) is 14.5 Å². The molecule has 0 bridgehead atoms. The van der Waals surface area contributed by atoms with Crippen molar-refractivity contribution in [2.24, 2.45) is 0 Å². The van der Waals surface area contributed by atoms with Gasteiger partial charge in [-0.15, -0.1) is 10.2 Å². The molecule has 8 nitrogen and oxygen atoms in total. The van der Waals surface area contributed by atoms with E-state index in [4.69, 9.17) is 0 Å². The first kappa shape index (κ1) is 24.3. The lowest BCUT2D eigenvalue weighted by Crippen LogP contribution is -2.26. The molecule has 1 atom stereocenters. The van der Waals surface area contributed by atoms with E-state index in [0.717, 1.165) is 48.9 Å². The van der Waals surface area contributed by atoms with Crippen LogP contribution in [0.3, 0.4) is 0 Å². The van der Waals surface area contributed by atoms with Crippen LogP contribution in [0.25, 0.3) is 0 Å². The number of amides is 2. The maximum atomic E-state index is 12.8. The zero-order chi connectivity index (χ0) is 23.1. The van der Waals surface area contributed by atoms with Crippen LogP contribution in [0.4, 0.5) is 11.4 Å². The number of nitrogens with zero attached hydrogens (tertiary/aromatic N) is 5. The number of unbranched alkanes of at least 4 members (excludes halogenated alkanes) is 1. The fourth-order valence-corrected chi connectivity index (χ4v) is 4.76. The lowest BCUT2D eigenvalue weighted by atomic mass is 10.2. The van der Waals surface area contributed by atoms with Gasteiger partial charge >= 0.3 is 0 Å². The van der Waals surface area contributed by atoms with Crippen LogP contribution in [0.2, 0.25) is 0 Å². The van der Waals surface area contributed by atoms with E-state index in [-0.39, 0.29) is 23.6 Å². The SMILES string of the molecule is CCCCn1c(SCC(=O)Nc2ccccc2N2CCCC2=O)nnc1[C@H](CC)N(C)C. The van der Waals surface area contributed by atoms with Gasteiger partial charge in [-0.05, 0) is 45.5 Å². The molecule has 0 aliphatic carbocycles. The number of carbonyl (C=O) groups is 2. The summed E-state index contributed by atoms with van der Waals surface area (Å²) in [4.78, 5) is 28.8. The first-order valence-corrected chi connectivity index (χ1v) is 12.4. The van der Waals surface area contributed by atoms with Gasteiger partial charge in [-0.25, -0.2) is 0 Å². The Bertz CT molecular complexity index is 929. The fraction of sp³-hybridized carbons (Fsp3) is 0.565. The maximum absolute atomic E-state index is 12.8. The molecule has 0 unspecified atom stereocenters. The third-order valence-electron chi connectivity index (χ3n) is 5.66. The lowest BCUT2D eigenvalue weighted by Gasteiger charge is -2.23. The molecule has 2 heterocycles. The van der Waals surface area contributed by atoms with Gasteiger partial charge in [0, 0.05) is 19.5 Å². The second-order valence-corrected chi connectivity index (χ2v) is 9.18. The zero-order valence-electron chi connectivity index (χ0n) is 19.5. The molecular weight excluding hydrogens is 424 g/mol. The molecule has 3 rings (SSSR count). The Morgan fingerprint density at radius 3 is 2.69 bits per heavy atom. The van der Waals surface area contributed by atoms with Crippen molar-refractivity contribution in [1.82, 2.24) is 19.7 Å². The number of hydrogen-bond acceptors (Lipinski definition) is 6. The van der Waals surface area contributed by atoms with Gasteiger partial charge in [-0.2, -0.15) is 0 Å². The van der Waals surface area contributed by atoms with E-state index in [9.17, 15) is 9.59 Å². The summed E-state index contributed by atoms with van der Waals surface area (Å²) in [5.74, 6) is 1.15. The predicted octanol–water partition coefficient (Wildman–Crippen LogP) is 3.95. The number of thioether (sulfide) groups is 1. The number of hydrogen-bond donors (Lipinski definition) is 1. The Labute approximate surface area is 194 Å². The fourth-order valence-electron chi connectivity index (χ4n) is 3.99. The molecule has 1 aliphatic heterocycles. The molecule has 1 aliphatic rings. The predicted molar refractivity (Wildman–Crippen MR) is 129 cm³/mol. The summed E-state index contributed by atoms with van der Waals surface area (Å²) < 4.78 is 2.16. The standard InChI is InChI=1S/C23H34N6O2S/c1-5-7-14-29-22(18(6-2)27(3)4)25-26-23(29)32-16-20(30)24-17-11-8-9-12-19(17)28-15-10-13-21(28)31/h8-9,11-12,18H,5-7,10,13-16H2,1-4H3,(H,24,30)/t18-/m0/s1. The van der Waals surface area contributed by atoms with E-state index in [1.165, 1.54) is 11.8 Å². The van der Waals surface area contributed by atoms with Crippen molar-refractivity contribution in [2.75, 3.05) is 36.6 Å². The highest BCUT2D eigenvalue weighted by Gasteiger charge is 2.25. The molecule has 1 saturated heterocycles. The third-order valence-corrected chi connectivity index (χ3v) is 6.63. The molecule has 0 spiro atoms. The van der Waals surface area contributed by atoms with Crippen molar-refractivity contribution in [3.8, 4) is 0 Å². The number of rotatable bonds is 11. The van der Waals surface area contributed by atoms with Crippen LogP contribution < -0.4 is 10.2 Å². The van der Waals surface area contributed by atoms with Crippen LogP contribution in [-0.2, 0) is 16.1 Å². The number of carbonyl (C=O) groups excluding carboxylic acids is 2. The van der Waals surface area contributed by atoms with Gasteiger partial charge < -0.3 is 14.8 Å². The second kappa shape index (κ2) is 11.5. The van der Waals surface area contributed by atoms with Gasteiger partial charge in [0.25, 0.3) is 0 Å². The minimum atomic E-state index is -0.125. The van der Waals surface area contributed by atoms with Gasteiger partial charge in [0.1, 0.15) is 0 Å². The molecule has 2 amide bonds. The van der Waals surface area contributed by atoms with Crippen molar-refractivity contribution in [2.45, 2.75) is 63.7 Å². The third kappa shape index (κ3) is 5.69. The monoisotopic (exact) mass is 458 g/mol. The minimum Gasteiger partial charge on any atom is -0.324 e. The maximum Gasteiger partial charge on any atom is 0.234 e. The van der Waals surface area contributed by atoms with Crippen LogP contribution >= 0.6 is 11.8 Å². The Balaban J connectivity index is 1.70. The van der Waals surface area contributed by atoms with E-state index in [1.807, 2.05) is 24.3 Å². The number of para-hydroxylation sites is 2. The molecule has 0 saturated carbocycles. The van der Waals surface area contributed by atoms with E-state index < -0.39 is 0 Å². The highest BCUT2D eigenvalue weighted by molar-refractivity contribution is 7.99. The van der Waals surface area contributed by atoms with E-state index in [0.29, 0.717) is 18.7 Å². The van der Waals surface area contributed by atoms with Crippen molar-refractivity contribution in [3.63, 3.8) is 0 Å². The van der Waals surface area contributed by atoms with Gasteiger partial charge in [0.2, 0.25) is 11.8 Å².